The van der Waals surface area contributed by atoms with Crippen molar-refractivity contribution in [3.8, 4) is 0 Å². The van der Waals surface area contributed by atoms with E-state index in [1.165, 1.54) is 31.4 Å². The molecule has 2 aromatic rings. The second-order valence-corrected chi connectivity index (χ2v) is 10.4. The lowest BCUT2D eigenvalue weighted by molar-refractivity contribution is -0.141. The minimum absolute atomic E-state index is 0.112. The summed E-state index contributed by atoms with van der Waals surface area (Å²) in [5.74, 6) is -0.865. The molecule has 0 saturated carbocycles. The van der Waals surface area contributed by atoms with Gasteiger partial charge in [0, 0.05) is 12.0 Å². The van der Waals surface area contributed by atoms with Gasteiger partial charge in [-0.1, -0.05) is 35.4 Å². The molecule has 0 spiro atoms. The van der Waals surface area contributed by atoms with E-state index in [9.17, 15) is 17.4 Å². The molecule has 9 heteroatoms. The number of rotatable bonds is 7. The fourth-order valence-electron chi connectivity index (χ4n) is 2.47. The molecule has 0 fully saturated rings. The molecule has 2 unspecified atom stereocenters. The van der Waals surface area contributed by atoms with Gasteiger partial charge in [0.25, 0.3) is 10.0 Å². The number of carbonyl (C=O) groups is 1. The van der Waals surface area contributed by atoms with Gasteiger partial charge in [-0.15, -0.1) is 3.77 Å². The van der Waals surface area contributed by atoms with E-state index in [0.717, 1.165) is 18.2 Å². The number of esters is 1. The molecule has 2 aromatic carbocycles. The van der Waals surface area contributed by atoms with Gasteiger partial charge < -0.3 is 9.47 Å². The molecule has 0 bridgehead atoms. The summed E-state index contributed by atoms with van der Waals surface area (Å²) in [4.78, 5) is 12.3. The second-order valence-electron chi connectivity index (χ2n) is 6.21. The van der Waals surface area contributed by atoms with Crippen LogP contribution in [0.15, 0.2) is 62.1 Å². The van der Waals surface area contributed by atoms with Crippen LogP contribution in [0.5, 0.6) is 0 Å². The third-order valence-corrected chi connectivity index (χ3v) is 8.64. The fourth-order valence-corrected chi connectivity index (χ4v) is 6.75. The first-order chi connectivity index (χ1) is 13.1. The Kier molecular flexibility index (Phi) is 6.97. The highest BCUT2D eigenvalue weighted by Gasteiger charge is 2.36. The van der Waals surface area contributed by atoms with E-state index in [1.54, 1.807) is 24.3 Å². The van der Waals surface area contributed by atoms with Gasteiger partial charge in [-0.2, -0.15) is 8.42 Å². The summed E-state index contributed by atoms with van der Waals surface area (Å²) in [6.07, 6.45) is 0. The predicted octanol–water partition coefficient (Wildman–Crippen LogP) is 2.71. The standard InChI is InChI=1S/C19H23NO6S2/c1-14-5-9-16(10-6-14)27(22,18(13-25-3)19(21)26-4)20-28(23,24)17-11-7-15(2)8-12-17/h5-12,18H,13H2,1-4H3. The van der Waals surface area contributed by atoms with Gasteiger partial charge in [-0.25, -0.2) is 4.21 Å². The third-order valence-electron chi connectivity index (χ3n) is 4.05. The summed E-state index contributed by atoms with van der Waals surface area (Å²) in [7, 11) is -5.64. The maximum Gasteiger partial charge on any atom is 0.325 e. The summed E-state index contributed by atoms with van der Waals surface area (Å²) < 4.78 is 53.2. The zero-order valence-corrected chi connectivity index (χ0v) is 17.7. The van der Waals surface area contributed by atoms with Gasteiger partial charge in [-0.05, 0) is 38.1 Å². The lowest BCUT2D eigenvalue weighted by Crippen LogP contribution is -2.36. The minimum Gasteiger partial charge on any atom is -0.468 e. The Morgan fingerprint density at radius 2 is 1.36 bits per heavy atom. The average molecular weight is 426 g/mol. The number of benzene rings is 2. The van der Waals surface area contributed by atoms with Crippen LogP contribution in [0.1, 0.15) is 11.1 Å². The molecule has 2 atom stereocenters. The second kappa shape index (κ2) is 8.85. The van der Waals surface area contributed by atoms with Crippen LogP contribution in [0.2, 0.25) is 0 Å². The van der Waals surface area contributed by atoms with Crippen LogP contribution in [-0.2, 0) is 34.0 Å². The van der Waals surface area contributed by atoms with Gasteiger partial charge in [-0.3, -0.25) is 4.79 Å². The lowest BCUT2D eigenvalue weighted by atomic mass is 10.2. The number of carbonyl (C=O) groups excluding carboxylic acids is 1. The molecule has 0 heterocycles. The maximum absolute atomic E-state index is 13.9. The van der Waals surface area contributed by atoms with E-state index in [4.69, 9.17) is 9.47 Å². The van der Waals surface area contributed by atoms with Gasteiger partial charge >= 0.3 is 5.97 Å². The van der Waals surface area contributed by atoms with Crippen LogP contribution in [-0.4, -0.2) is 44.7 Å². The molecule has 0 aliphatic heterocycles. The lowest BCUT2D eigenvalue weighted by Gasteiger charge is -2.19. The van der Waals surface area contributed by atoms with Crippen molar-refractivity contribution in [2.24, 2.45) is 3.77 Å². The molecule has 0 saturated heterocycles. The van der Waals surface area contributed by atoms with Gasteiger partial charge in [0.1, 0.15) is 9.73 Å². The molecule has 0 aliphatic rings. The minimum atomic E-state index is -4.31. The van der Waals surface area contributed by atoms with Crippen molar-refractivity contribution in [1.29, 1.82) is 0 Å². The average Bonchev–Trinajstić information content (AvgIpc) is 2.65. The summed E-state index contributed by atoms with van der Waals surface area (Å²) in [5.41, 5.74) is 1.75. The molecule has 2 rings (SSSR count). The number of aryl methyl sites for hydroxylation is 2. The van der Waals surface area contributed by atoms with E-state index in [2.05, 4.69) is 3.77 Å². The Morgan fingerprint density at radius 1 is 0.893 bits per heavy atom. The fraction of sp³-hybridized carbons (Fsp3) is 0.316. The van der Waals surface area contributed by atoms with Crippen molar-refractivity contribution in [1.82, 2.24) is 0 Å². The highest BCUT2D eigenvalue weighted by Crippen LogP contribution is 2.25. The van der Waals surface area contributed by atoms with Crippen molar-refractivity contribution >= 4 is 25.7 Å². The first-order valence-corrected chi connectivity index (χ1v) is 11.4. The molecule has 0 aliphatic carbocycles. The first kappa shape index (κ1) is 22.1. The molecule has 0 aromatic heterocycles. The monoisotopic (exact) mass is 425 g/mol. The summed E-state index contributed by atoms with van der Waals surface area (Å²) in [6.45, 7) is 3.33. The summed E-state index contributed by atoms with van der Waals surface area (Å²) >= 11 is 0. The van der Waals surface area contributed by atoms with Crippen molar-refractivity contribution in [3.05, 3.63) is 59.7 Å². The SMILES string of the molecule is COCC(C(=O)OC)S(=O)(=NS(=O)(=O)c1ccc(C)cc1)c1ccc(C)cc1. The molecular formula is C19H23NO6S2. The predicted molar refractivity (Wildman–Crippen MR) is 106 cm³/mol. The van der Waals surface area contributed by atoms with Crippen LogP contribution >= 0.6 is 0 Å². The van der Waals surface area contributed by atoms with Crippen LogP contribution < -0.4 is 0 Å². The molecule has 28 heavy (non-hydrogen) atoms. The van der Waals surface area contributed by atoms with Crippen LogP contribution in [0, 0.1) is 13.8 Å². The number of methoxy groups -OCH3 is 2. The van der Waals surface area contributed by atoms with Crippen molar-refractivity contribution in [2.75, 3.05) is 20.8 Å². The molecular weight excluding hydrogens is 402 g/mol. The van der Waals surface area contributed by atoms with E-state index < -0.39 is 31.0 Å². The molecule has 0 N–H and O–H groups in total. The first-order valence-electron chi connectivity index (χ1n) is 8.36. The molecule has 7 nitrogen and oxygen atoms in total. The zero-order chi connectivity index (χ0) is 20.9. The zero-order valence-electron chi connectivity index (χ0n) is 16.1. The number of sulfonamides is 1. The van der Waals surface area contributed by atoms with Gasteiger partial charge in [0.15, 0.2) is 5.25 Å². The maximum atomic E-state index is 13.9. The Hall–Kier alpha value is -2.23. The highest BCUT2D eigenvalue weighted by atomic mass is 32.3. The van der Waals surface area contributed by atoms with Crippen LogP contribution in [0.25, 0.3) is 0 Å². The largest absolute Gasteiger partial charge is 0.468 e. The van der Waals surface area contributed by atoms with Gasteiger partial charge in [0.2, 0.25) is 0 Å². The Labute approximate surface area is 165 Å². The number of hydrogen-bond donors (Lipinski definition) is 0. The van der Waals surface area contributed by atoms with Crippen LogP contribution in [0.4, 0.5) is 0 Å². The molecule has 152 valence electrons. The van der Waals surface area contributed by atoms with Crippen molar-refractivity contribution in [2.45, 2.75) is 28.9 Å². The third kappa shape index (κ3) is 4.78. The van der Waals surface area contributed by atoms with E-state index in [1.807, 2.05) is 13.8 Å². The molecule has 0 radical (unpaired) electrons. The topological polar surface area (TPSA) is 99.1 Å². The highest BCUT2D eigenvalue weighted by molar-refractivity contribution is 8.04. The van der Waals surface area contributed by atoms with E-state index >= 15 is 0 Å². The number of nitrogens with zero attached hydrogens (tertiary/aromatic N) is 1. The Balaban J connectivity index is 2.78. The van der Waals surface area contributed by atoms with E-state index in [-0.39, 0.29) is 16.4 Å². The van der Waals surface area contributed by atoms with Crippen molar-refractivity contribution in [3.63, 3.8) is 0 Å². The Bertz CT molecular complexity index is 1050. The van der Waals surface area contributed by atoms with Crippen LogP contribution in [0.3, 0.4) is 0 Å². The quantitative estimate of drug-likeness (QED) is 0.633. The summed E-state index contributed by atoms with van der Waals surface area (Å²) in [6, 6.07) is 12.3. The smallest absolute Gasteiger partial charge is 0.325 e. The number of ether oxygens (including phenoxy) is 2. The van der Waals surface area contributed by atoms with E-state index in [0.29, 0.717) is 0 Å². The normalized spacial score (nSPS) is 14.7. The Morgan fingerprint density at radius 3 is 1.79 bits per heavy atom. The molecule has 0 amide bonds. The summed E-state index contributed by atoms with van der Waals surface area (Å²) in [5, 5.41) is -1.41. The number of hydrogen-bond acceptors (Lipinski definition) is 6. The van der Waals surface area contributed by atoms with Gasteiger partial charge in [0.05, 0.1) is 18.6 Å². The van der Waals surface area contributed by atoms with Crippen molar-refractivity contribution < 1.29 is 26.9 Å².